The Bertz CT molecular complexity index is 483. The van der Waals surface area contributed by atoms with Crippen LogP contribution in [0.2, 0.25) is 0 Å². The molecule has 0 radical (unpaired) electrons. The molecule has 5 nitrogen and oxygen atoms in total. The van der Waals surface area contributed by atoms with E-state index in [-0.39, 0.29) is 23.8 Å². The SMILES string of the molecule is CC(=O)Nc1cccc(C(C)NC(=O)C2CNC2)c1. The molecule has 102 valence electrons. The predicted octanol–water partition coefficient (Wildman–Crippen LogP) is 1.04. The van der Waals surface area contributed by atoms with E-state index in [4.69, 9.17) is 0 Å². The standard InChI is InChI=1S/C14H19N3O2/c1-9(16-14(19)12-7-15-8-12)11-4-3-5-13(6-11)17-10(2)18/h3-6,9,12,15H,7-8H2,1-2H3,(H,16,19)(H,17,18). The van der Waals surface area contributed by atoms with Gasteiger partial charge in [-0.2, -0.15) is 0 Å². The summed E-state index contributed by atoms with van der Waals surface area (Å²) in [4.78, 5) is 22.9. The molecular formula is C14H19N3O2. The minimum atomic E-state index is -0.102. The van der Waals surface area contributed by atoms with Crippen molar-refractivity contribution in [1.29, 1.82) is 0 Å². The van der Waals surface area contributed by atoms with Crippen LogP contribution in [0.25, 0.3) is 0 Å². The molecule has 5 heteroatoms. The van der Waals surface area contributed by atoms with Gasteiger partial charge in [0.15, 0.2) is 0 Å². The Labute approximate surface area is 112 Å². The van der Waals surface area contributed by atoms with Crippen LogP contribution >= 0.6 is 0 Å². The second-order valence-electron chi connectivity index (χ2n) is 4.89. The molecule has 1 heterocycles. The van der Waals surface area contributed by atoms with Crippen molar-refractivity contribution in [1.82, 2.24) is 10.6 Å². The van der Waals surface area contributed by atoms with Crippen molar-refractivity contribution in [3.8, 4) is 0 Å². The summed E-state index contributed by atoms with van der Waals surface area (Å²) >= 11 is 0. The molecule has 1 aliphatic heterocycles. The lowest BCUT2D eigenvalue weighted by molar-refractivity contribution is -0.127. The van der Waals surface area contributed by atoms with E-state index in [1.54, 1.807) is 0 Å². The fourth-order valence-corrected chi connectivity index (χ4v) is 1.98. The topological polar surface area (TPSA) is 70.2 Å². The monoisotopic (exact) mass is 261 g/mol. The lowest BCUT2D eigenvalue weighted by Gasteiger charge is -2.27. The Hall–Kier alpha value is -1.88. The first-order valence-electron chi connectivity index (χ1n) is 6.45. The van der Waals surface area contributed by atoms with E-state index in [0.717, 1.165) is 24.3 Å². The first-order chi connectivity index (χ1) is 9.06. The number of carbonyl (C=O) groups is 2. The summed E-state index contributed by atoms with van der Waals surface area (Å²) in [6.45, 7) is 4.92. The van der Waals surface area contributed by atoms with Gasteiger partial charge in [-0.1, -0.05) is 12.1 Å². The molecule has 0 spiro atoms. The molecule has 1 fully saturated rings. The molecule has 2 amide bonds. The van der Waals surface area contributed by atoms with Gasteiger partial charge in [-0.25, -0.2) is 0 Å². The van der Waals surface area contributed by atoms with E-state index in [1.165, 1.54) is 6.92 Å². The molecule has 0 bridgehead atoms. The van der Waals surface area contributed by atoms with E-state index in [1.807, 2.05) is 31.2 Å². The van der Waals surface area contributed by atoms with Crippen LogP contribution in [0, 0.1) is 5.92 Å². The molecule has 1 aromatic carbocycles. The largest absolute Gasteiger partial charge is 0.349 e. The molecule has 0 aromatic heterocycles. The summed E-state index contributed by atoms with van der Waals surface area (Å²) < 4.78 is 0. The van der Waals surface area contributed by atoms with Gasteiger partial charge in [-0.3, -0.25) is 9.59 Å². The summed E-state index contributed by atoms with van der Waals surface area (Å²) in [5.74, 6) is 0.0616. The Balaban J connectivity index is 1.99. The average molecular weight is 261 g/mol. The quantitative estimate of drug-likeness (QED) is 0.758. The molecule has 1 atom stereocenters. The van der Waals surface area contributed by atoms with E-state index >= 15 is 0 Å². The molecular weight excluding hydrogens is 242 g/mol. The maximum absolute atomic E-state index is 11.9. The van der Waals surface area contributed by atoms with Crippen molar-refractivity contribution in [2.75, 3.05) is 18.4 Å². The lowest BCUT2D eigenvalue weighted by Crippen LogP contribution is -2.51. The number of carbonyl (C=O) groups excluding carboxylic acids is 2. The molecule has 1 aliphatic rings. The highest BCUT2D eigenvalue weighted by atomic mass is 16.2. The lowest BCUT2D eigenvalue weighted by atomic mass is 10.0. The Kier molecular flexibility index (Phi) is 4.16. The van der Waals surface area contributed by atoms with Gasteiger partial charge in [0.1, 0.15) is 0 Å². The molecule has 1 unspecified atom stereocenters. The Morgan fingerprint density at radius 3 is 2.68 bits per heavy atom. The third-order valence-electron chi connectivity index (χ3n) is 3.22. The molecule has 0 saturated carbocycles. The van der Waals surface area contributed by atoms with Gasteiger partial charge in [0.25, 0.3) is 0 Å². The predicted molar refractivity (Wildman–Crippen MR) is 73.7 cm³/mol. The zero-order valence-corrected chi connectivity index (χ0v) is 11.2. The van der Waals surface area contributed by atoms with Crippen LogP contribution in [-0.2, 0) is 9.59 Å². The van der Waals surface area contributed by atoms with Gasteiger partial charge >= 0.3 is 0 Å². The van der Waals surface area contributed by atoms with Gasteiger partial charge in [0, 0.05) is 25.7 Å². The molecule has 1 saturated heterocycles. The second-order valence-corrected chi connectivity index (χ2v) is 4.89. The fourth-order valence-electron chi connectivity index (χ4n) is 1.98. The van der Waals surface area contributed by atoms with Gasteiger partial charge in [-0.15, -0.1) is 0 Å². The van der Waals surface area contributed by atoms with E-state index in [0.29, 0.717) is 0 Å². The minimum absolute atomic E-state index is 0.0678. The molecule has 0 aliphatic carbocycles. The van der Waals surface area contributed by atoms with Crippen molar-refractivity contribution in [2.45, 2.75) is 19.9 Å². The molecule has 19 heavy (non-hydrogen) atoms. The van der Waals surface area contributed by atoms with Gasteiger partial charge < -0.3 is 16.0 Å². The second kappa shape index (κ2) is 5.84. The van der Waals surface area contributed by atoms with Crippen LogP contribution in [-0.4, -0.2) is 24.9 Å². The number of nitrogens with one attached hydrogen (secondary N) is 3. The highest BCUT2D eigenvalue weighted by molar-refractivity contribution is 5.88. The van der Waals surface area contributed by atoms with Crippen molar-refractivity contribution < 1.29 is 9.59 Å². The third-order valence-corrected chi connectivity index (χ3v) is 3.22. The van der Waals surface area contributed by atoms with E-state index < -0.39 is 0 Å². The number of anilines is 1. The number of hydrogen-bond acceptors (Lipinski definition) is 3. The number of rotatable bonds is 4. The van der Waals surface area contributed by atoms with Crippen LogP contribution in [0.5, 0.6) is 0 Å². The first kappa shape index (κ1) is 13.5. The summed E-state index contributed by atoms with van der Waals surface area (Å²) in [6.07, 6.45) is 0. The summed E-state index contributed by atoms with van der Waals surface area (Å²) in [5, 5.41) is 8.80. The highest BCUT2D eigenvalue weighted by Gasteiger charge is 2.25. The van der Waals surface area contributed by atoms with Crippen molar-refractivity contribution >= 4 is 17.5 Å². The number of amides is 2. The van der Waals surface area contributed by atoms with Crippen LogP contribution in [0.15, 0.2) is 24.3 Å². The normalized spacial score (nSPS) is 16.3. The third kappa shape index (κ3) is 3.54. The van der Waals surface area contributed by atoms with Gasteiger partial charge in [0.05, 0.1) is 12.0 Å². The summed E-state index contributed by atoms with van der Waals surface area (Å²) in [7, 11) is 0. The zero-order chi connectivity index (χ0) is 13.8. The number of benzene rings is 1. The van der Waals surface area contributed by atoms with Crippen LogP contribution in [0.3, 0.4) is 0 Å². The molecule has 1 aromatic rings. The Morgan fingerprint density at radius 1 is 1.37 bits per heavy atom. The fraction of sp³-hybridized carbons (Fsp3) is 0.429. The van der Waals surface area contributed by atoms with E-state index in [2.05, 4.69) is 16.0 Å². The van der Waals surface area contributed by atoms with Gasteiger partial charge in [0.2, 0.25) is 11.8 Å². The highest BCUT2D eigenvalue weighted by Crippen LogP contribution is 2.18. The zero-order valence-electron chi connectivity index (χ0n) is 11.2. The maximum atomic E-state index is 11.9. The minimum Gasteiger partial charge on any atom is -0.349 e. The van der Waals surface area contributed by atoms with Crippen LogP contribution in [0.4, 0.5) is 5.69 Å². The maximum Gasteiger partial charge on any atom is 0.226 e. The summed E-state index contributed by atoms with van der Waals surface area (Å²) in [5.41, 5.74) is 1.73. The average Bonchev–Trinajstić information content (AvgIpc) is 2.25. The Morgan fingerprint density at radius 2 is 2.11 bits per heavy atom. The van der Waals surface area contributed by atoms with Crippen molar-refractivity contribution in [2.24, 2.45) is 5.92 Å². The van der Waals surface area contributed by atoms with E-state index in [9.17, 15) is 9.59 Å². The van der Waals surface area contributed by atoms with Crippen molar-refractivity contribution in [3.63, 3.8) is 0 Å². The number of hydrogen-bond donors (Lipinski definition) is 3. The van der Waals surface area contributed by atoms with Gasteiger partial charge in [-0.05, 0) is 24.6 Å². The molecule has 3 N–H and O–H groups in total. The van der Waals surface area contributed by atoms with Crippen LogP contribution < -0.4 is 16.0 Å². The van der Waals surface area contributed by atoms with Crippen LogP contribution in [0.1, 0.15) is 25.5 Å². The first-order valence-corrected chi connectivity index (χ1v) is 6.45. The molecule has 2 rings (SSSR count). The smallest absolute Gasteiger partial charge is 0.226 e. The van der Waals surface area contributed by atoms with Crippen molar-refractivity contribution in [3.05, 3.63) is 29.8 Å². The summed E-state index contributed by atoms with van der Waals surface area (Å²) in [6, 6.07) is 7.45.